The number of ether oxygens (including phenoxy) is 1. The lowest BCUT2D eigenvalue weighted by Crippen LogP contribution is -2.42. The molecule has 2 bridgehead atoms. The molecule has 2 saturated carbocycles. The Labute approximate surface area is 303 Å². The fourth-order valence-electron chi connectivity index (χ4n) is 8.97. The van der Waals surface area contributed by atoms with Crippen LogP contribution in [0.2, 0.25) is 0 Å². The molecule has 0 N–H and O–H groups in total. The molecule has 9 rings (SSSR count). The fourth-order valence-corrected chi connectivity index (χ4v) is 8.97. The van der Waals surface area contributed by atoms with Gasteiger partial charge in [0.25, 0.3) is 0 Å². The minimum atomic E-state index is -0.354. The summed E-state index contributed by atoms with van der Waals surface area (Å²) < 4.78 is 51.9. The molecule has 1 aliphatic heterocycles. The number of pyridine rings is 1. The zero-order valence-corrected chi connectivity index (χ0v) is 29.8. The number of benzene rings is 4. The van der Waals surface area contributed by atoms with Crippen molar-refractivity contribution in [1.29, 1.82) is 0 Å². The third-order valence-corrected chi connectivity index (χ3v) is 11.4. The fraction of sp³-hybridized carbons (Fsp3) is 0.356. The number of rotatable bonds is 5. The first-order chi connectivity index (χ1) is 26.1. The molecule has 50 heavy (non-hydrogen) atoms. The van der Waals surface area contributed by atoms with Crippen molar-refractivity contribution in [3.8, 4) is 17.3 Å². The van der Waals surface area contributed by atoms with Crippen LogP contribution in [0.5, 0.6) is 11.5 Å². The standard InChI is InChI=1S/C45H48N4O/c1-44(2,3)31-20-21-46-41(25-31)49-39-15-11-10-14-37(39)38-19-18-35(27-40(38)49)50-36-24-32(45(4,5)6)23-34(26-36)48-28-47(33-12-8-7-9-13-33)42-29-16-17-30(22-29)43(42)48/h7-15,18-21,23-27,29-30,42-43H,16-17,22,28H2,1-6H3/i7D,8D,9D,12D,13D. The number of aromatic nitrogens is 2. The Hall–Kier alpha value is -4.77. The quantitative estimate of drug-likeness (QED) is 0.183. The molecule has 3 aliphatic rings. The molecule has 5 heteroatoms. The first-order valence-corrected chi connectivity index (χ1v) is 18.0. The summed E-state index contributed by atoms with van der Waals surface area (Å²) in [5.74, 6) is 3.21. The summed E-state index contributed by atoms with van der Waals surface area (Å²) >= 11 is 0. The molecule has 5 nitrogen and oxygen atoms in total. The molecule has 4 atom stereocenters. The van der Waals surface area contributed by atoms with Gasteiger partial charge in [-0.15, -0.1) is 0 Å². The number of para-hydroxylation sites is 2. The Morgan fingerprint density at radius 2 is 1.38 bits per heavy atom. The van der Waals surface area contributed by atoms with Crippen LogP contribution >= 0.6 is 0 Å². The first-order valence-electron chi connectivity index (χ1n) is 20.5. The Morgan fingerprint density at radius 1 is 0.680 bits per heavy atom. The minimum absolute atomic E-state index is 0.0281. The van der Waals surface area contributed by atoms with Gasteiger partial charge < -0.3 is 14.5 Å². The number of hydrogen-bond acceptors (Lipinski definition) is 4. The predicted molar refractivity (Wildman–Crippen MR) is 207 cm³/mol. The molecular weight excluding hydrogens is 613 g/mol. The summed E-state index contributed by atoms with van der Waals surface area (Å²) in [4.78, 5) is 9.40. The molecule has 1 saturated heterocycles. The molecule has 3 heterocycles. The van der Waals surface area contributed by atoms with Crippen LogP contribution in [0.1, 0.15) is 78.8 Å². The molecule has 0 radical (unpaired) electrons. The smallest absolute Gasteiger partial charge is 0.137 e. The van der Waals surface area contributed by atoms with E-state index in [9.17, 15) is 0 Å². The van der Waals surface area contributed by atoms with Gasteiger partial charge >= 0.3 is 0 Å². The lowest BCUT2D eigenvalue weighted by Gasteiger charge is -2.33. The zero-order valence-electron chi connectivity index (χ0n) is 34.8. The maximum Gasteiger partial charge on any atom is 0.137 e. The van der Waals surface area contributed by atoms with Gasteiger partial charge in [0, 0.05) is 40.5 Å². The van der Waals surface area contributed by atoms with Gasteiger partial charge in [0.15, 0.2) is 0 Å². The Balaban J connectivity index is 1.14. The monoisotopic (exact) mass is 665 g/mol. The van der Waals surface area contributed by atoms with E-state index in [1.165, 1.54) is 5.56 Å². The van der Waals surface area contributed by atoms with E-state index in [0.29, 0.717) is 24.2 Å². The van der Waals surface area contributed by atoms with Crippen molar-refractivity contribution < 1.29 is 11.6 Å². The highest BCUT2D eigenvalue weighted by molar-refractivity contribution is 6.09. The largest absolute Gasteiger partial charge is 0.457 e. The average molecular weight is 666 g/mol. The molecule has 4 unspecified atom stereocenters. The summed E-state index contributed by atoms with van der Waals surface area (Å²) in [5, 5.41) is 2.28. The van der Waals surface area contributed by atoms with Crippen LogP contribution in [0, 0.1) is 11.8 Å². The maximum absolute atomic E-state index is 8.87. The molecule has 6 aromatic rings. The SMILES string of the molecule is [2H]c1c([2H])c([2H])c(N2CN(c3cc(Oc4ccc5c6ccccc6n(-c6cc(C(C)(C)C)ccn6)c5c4)cc(C(C)(C)C)c3)C3C4CCC(C4)C32)c([2H])c1[2H]. The van der Waals surface area contributed by atoms with Crippen LogP contribution in [0.3, 0.4) is 0 Å². The van der Waals surface area contributed by atoms with Gasteiger partial charge in [-0.2, -0.15) is 0 Å². The van der Waals surface area contributed by atoms with Crippen molar-refractivity contribution in [1.82, 2.24) is 9.55 Å². The van der Waals surface area contributed by atoms with Crippen LogP contribution in [0.15, 0.2) is 109 Å². The van der Waals surface area contributed by atoms with Crippen molar-refractivity contribution in [2.45, 2.75) is 83.7 Å². The summed E-state index contributed by atoms with van der Waals surface area (Å²) in [7, 11) is 0. The Bertz CT molecular complexity index is 2490. The maximum atomic E-state index is 8.87. The van der Waals surface area contributed by atoms with Crippen molar-refractivity contribution in [3.05, 3.63) is 120 Å². The summed E-state index contributed by atoms with van der Waals surface area (Å²) in [6.45, 7) is 13.7. The van der Waals surface area contributed by atoms with E-state index in [1.54, 1.807) is 0 Å². The highest BCUT2D eigenvalue weighted by Crippen LogP contribution is 2.54. The molecular formula is C45H48N4O. The molecule has 4 aromatic carbocycles. The van der Waals surface area contributed by atoms with E-state index in [0.717, 1.165) is 69.6 Å². The number of nitrogens with zero attached hydrogens (tertiary/aromatic N) is 4. The lowest BCUT2D eigenvalue weighted by atomic mass is 9.86. The van der Waals surface area contributed by atoms with E-state index in [1.807, 2.05) is 12.3 Å². The lowest BCUT2D eigenvalue weighted by molar-refractivity contribution is 0.389. The molecule has 2 aromatic heterocycles. The number of hydrogen-bond donors (Lipinski definition) is 0. The molecule has 2 aliphatic carbocycles. The second kappa shape index (κ2) is 11.4. The second-order valence-electron chi connectivity index (χ2n) is 16.6. The van der Waals surface area contributed by atoms with E-state index >= 15 is 0 Å². The normalized spacial score (nSPS) is 23.2. The second-order valence-corrected chi connectivity index (χ2v) is 16.6. The highest BCUT2D eigenvalue weighted by Gasteiger charge is 2.56. The van der Waals surface area contributed by atoms with Crippen LogP contribution in [-0.2, 0) is 10.8 Å². The van der Waals surface area contributed by atoms with Gasteiger partial charge in [-0.3, -0.25) is 4.57 Å². The van der Waals surface area contributed by atoms with E-state index < -0.39 is 0 Å². The van der Waals surface area contributed by atoms with Crippen molar-refractivity contribution in [2.75, 3.05) is 16.5 Å². The van der Waals surface area contributed by atoms with Gasteiger partial charge in [0.05, 0.1) is 36.6 Å². The van der Waals surface area contributed by atoms with Crippen molar-refractivity contribution >= 4 is 33.2 Å². The highest BCUT2D eigenvalue weighted by atomic mass is 16.5. The first kappa shape index (κ1) is 26.1. The van der Waals surface area contributed by atoms with Crippen LogP contribution in [0.4, 0.5) is 11.4 Å². The zero-order chi connectivity index (χ0) is 38.7. The average Bonchev–Trinajstić information content (AvgIpc) is 3.93. The van der Waals surface area contributed by atoms with Gasteiger partial charge in [-0.05, 0) is 108 Å². The van der Waals surface area contributed by atoms with Gasteiger partial charge in [0.2, 0.25) is 0 Å². The molecule has 0 amide bonds. The van der Waals surface area contributed by atoms with E-state index in [4.69, 9.17) is 16.6 Å². The summed E-state index contributed by atoms with van der Waals surface area (Å²) in [6, 6.07) is 24.6. The van der Waals surface area contributed by atoms with Crippen LogP contribution in [-0.4, -0.2) is 28.3 Å². The van der Waals surface area contributed by atoms with Gasteiger partial charge in [-0.1, -0.05) is 77.9 Å². The van der Waals surface area contributed by atoms with Gasteiger partial charge in [0.1, 0.15) is 17.3 Å². The van der Waals surface area contributed by atoms with E-state index in [-0.39, 0.29) is 53.1 Å². The molecule has 0 spiro atoms. The third-order valence-electron chi connectivity index (χ3n) is 11.4. The minimum Gasteiger partial charge on any atom is -0.457 e. The third kappa shape index (κ3) is 5.16. The van der Waals surface area contributed by atoms with Crippen LogP contribution < -0.4 is 14.5 Å². The summed E-state index contributed by atoms with van der Waals surface area (Å²) in [6.07, 6.45) is 5.22. The molecule has 3 fully saturated rings. The van der Waals surface area contributed by atoms with Crippen molar-refractivity contribution in [2.24, 2.45) is 11.8 Å². The van der Waals surface area contributed by atoms with Crippen molar-refractivity contribution in [3.63, 3.8) is 0 Å². The predicted octanol–water partition coefficient (Wildman–Crippen LogP) is 11.0. The van der Waals surface area contributed by atoms with Crippen LogP contribution in [0.25, 0.3) is 27.6 Å². The molecule has 254 valence electrons. The topological polar surface area (TPSA) is 33.5 Å². The number of anilines is 2. The van der Waals surface area contributed by atoms with Gasteiger partial charge in [-0.25, -0.2) is 4.98 Å². The Kier molecular flexibility index (Phi) is 5.94. The number of fused-ring (bicyclic) bond motifs is 8. The van der Waals surface area contributed by atoms with E-state index in [2.05, 4.69) is 123 Å². The Morgan fingerprint density at radius 3 is 2.12 bits per heavy atom. The summed E-state index contributed by atoms with van der Waals surface area (Å²) in [5.41, 5.74) is 5.59.